The van der Waals surface area contributed by atoms with Crippen LogP contribution in [0.25, 0.3) is 0 Å². The number of alkyl halides is 1. The van der Waals surface area contributed by atoms with Crippen molar-refractivity contribution in [1.82, 2.24) is 0 Å². The summed E-state index contributed by atoms with van der Waals surface area (Å²) < 4.78 is 4.80. The summed E-state index contributed by atoms with van der Waals surface area (Å²) in [5.74, 6) is 1.47. The largest absolute Gasteiger partial charge is 0.465 e. The molecule has 0 saturated heterocycles. The Bertz CT molecular complexity index is 131. The Morgan fingerprint density at radius 2 is 2.15 bits per heavy atom. The van der Waals surface area contributed by atoms with Gasteiger partial charge in [-0.1, -0.05) is 22.4 Å². The van der Waals surface area contributed by atoms with Crippen molar-refractivity contribution in [2.45, 2.75) is 26.2 Å². The summed E-state index contributed by atoms with van der Waals surface area (Å²) in [6.07, 6.45) is 3.65. The van der Waals surface area contributed by atoms with E-state index in [1.807, 2.05) is 6.92 Å². The van der Waals surface area contributed by atoms with E-state index in [0.717, 1.165) is 11.1 Å². The van der Waals surface area contributed by atoms with Gasteiger partial charge in [0.2, 0.25) is 0 Å². The molecule has 0 atom stereocenters. The number of unbranched alkanes of at least 4 members (excludes halogenated alkanes) is 2. The van der Waals surface area contributed by atoms with Crippen molar-refractivity contribution in [3.63, 3.8) is 0 Å². The number of halogens is 1. The van der Waals surface area contributed by atoms with Crippen LogP contribution >= 0.6 is 27.7 Å². The molecule has 0 N–H and O–H groups in total. The maximum atomic E-state index is 10.9. The molecule has 0 aliphatic carbocycles. The van der Waals surface area contributed by atoms with Crippen molar-refractivity contribution in [2.24, 2.45) is 0 Å². The monoisotopic (exact) mass is 268 g/mol. The standard InChI is InChI=1S/C9H17BrO2S/c1-2-12-9(11)8-13-7-5-3-4-6-10/h2-8H2,1H3. The van der Waals surface area contributed by atoms with Crippen LogP contribution in [0.3, 0.4) is 0 Å². The number of ether oxygens (including phenoxy) is 1. The SMILES string of the molecule is CCOC(=O)CSCCCCCBr. The van der Waals surface area contributed by atoms with Gasteiger partial charge in [0.25, 0.3) is 0 Å². The zero-order valence-corrected chi connectivity index (χ0v) is 10.5. The number of esters is 1. The maximum absolute atomic E-state index is 10.9. The van der Waals surface area contributed by atoms with Crippen LogP contribution in [-0.4, -0.2) is 29.4 Å². The van der Waals surface area contributed by atoms with E-state index in [1.54, 1.807) is 11.8 Å². The van der Waals surface area contributed by atoms with Gasteiger partial charge in [0.1, 0.15) is 0 Å². The van der Waals surface area contributed by atoms with Gasteiger partial charge in [-0.15, -0.1) is 0 Å². The normalized spacial score (nSPS) is 10.0. The lowest BCUT2D eigenvalue weighted by Crippen LogP contribution is -2.06. The van der Waals surface area contributed by atoms with Crippen molar-refractivity contribution in [3.05, 3.63) is 0 Å². The summed E-state index contributed by atoms with van der Waals surface area (Å²) in [6, 6.07) is 0. The lowest BCUT2D eigenvalue weighted by molar-refractivity contribution is -0.139. The molecule has 0 bridgehead atoms. The van der Waals surface area contributed by atoms with Gasteiger partial charge in [-0.05, 0) is 25.5 Å². The fraction of sp³-hybridized carbons (Fsp3) is 0.889. The molecule has 0 radical (unpaired) electrons. The molecule has 0 aliphatic heterocycles. The Labute approximate surface area is 92.9 Å². The van der Waals surface area contributed by atoms with Crippen molar-refractivity contribution in [1.29, 1.82) is 0 Å². The Morgan fingerprint density at radius 1 is 1.38 bits per heavy atom. The van der Waals surface area contributed by atoms with Crippen molar-refractivity contribution >= 4 is 33.7 Å². The zero-order valence-electron chi connectivity index (χ0n) is 8.05. The van der Waals surface area contributed by atoms with E-state index in [4.69, 9.17) is 4.74 Å². The van der Waals surface area contributed by atoms with Gasteiger partial charge < -0.3 is 4.74 Å². The van der Waals surface area contributed by atoms with Crippen molar-refractivity contribution in [2.75, 3.05) is 23.4 Å². The third kappa shape index (κ3) is 10.2. The first-order valence-electron chi connectivity index (χ1n) is 4.60. The molecular formula is C9H17BrO2S. The van der Waals surface area contributed by atoms with Crippen LogP contribution < -0.4 is 0 Å². The number of rotatable bonds is 8. The van der Waals surface area contributed by atoms with E-state index in [1.165, 1.54) is 19.3 Å². The molecule has 0 unspecified atom stereocenters. The third-order valence-corrected chi connectivity index (χ3v) is 3.03. The molecule has 4 heteroatoms. The second-order valence-corrected chi connectivity index (χ2v) is 4.51. The van der Waals surface area contributed by atoms with Gasteiger partial charge in [-0.2, -0.15) is 11.8 Å². The summed E-state index contributed by atoms with van der Waals surface area (Å²) in [7, 11) is 0. The number of hydrogen-bond donors (Lipinski definition) is 0. The van der Waals surface area contributed by atoms with Gasteiger partial charge in [-0.3, -0.25) is 4.79 Å². The van der Waals surface area contributed by atoms with E-state index in [9.17, 15) is 4.79 Å². The van der Waals surface area contributed by atoms with Crippen LogP contribution in [-0.2, 0) is 9.53 Å². The smallest absolute Gasteiger partial charge is 0.315 e. The van der Waals surface area contributed by atoms with E-state index in [2.05, 4.69) is 15.9 Å². The summed E-state index contributed by atoms with van der Waals surface area (Å²) in [4.78, 5) is 10.9. The van der Waals surface area contributed by atoms with E-state index in [0.29, 0.717) is 12.4 Å². The molecule has 13 heavy (non-hydrogen) atoms. The number of hydrogen-bond acceptors (Lipinski definition) is 3. The van der Waals surface area contributed by atoms with Crippen LogP contribution in [0.2, 0.25) is 0 Å². The molecule has 0 spiro atoms. The molecule has 0 saturated carbocycles. The highest BCUT2D eigenvalue weighted by molar-refractivity contribution is 9.09. The maximum Gasteiger partial charge on any atom is 0.315 e. The first kappa shape index (κ1) is 13.3. The first-order chi connectivity index (χ1) is 6.31. The highest BCUT2D eigenvalue weighted by atomic mass is 79.9. The molecule has 78 valence electrons. The highest BCUT2D eigenvalue weighted by Crippen LogP contribution is 2.07. The topological polar surface area (TPSA) is 26.3 Å². The van der Waals surface area contributed by atoms with Gasteiger partial charge in [0, 0.05) is 5.33 Å². The second-order valence-electron chi connectivity index (χ2n) is 2.61. The second kappa shape index (κ2) is 10.4. The number of thioether (sulfide) groups is 1. The Balaban J connectivity index is 3.02. The molecule has 2 nitrogen and oxygen atoms in total. The summed E-state index contributed by atoms with van der Waals surface area (Å²) >= 11 is 5.04. The third-order valence-electron chi connectivity index (χ3n) is 1.45. The Morgan fingerprint density at radius 3 is 2.77 bits per heavy atom. The number of carbonyl (C=O) groups excluding carboxylic acids is 1. The minimum atomic E-state index is -0.0898. The van der Waals surface area contributed by atoms with Gasteiger partial charge >= 0.3 is 5.97 Å². The predicted octanol–water partition coefficient (Wildman–Crippen LogP) is 2.85. The Kier molecular flexibility index (Phi) is 10.6. The van der Waals surface area contributed by atoms with Gasteiger partial charge in [0.15, 0.2) is 0 Å². The lowest BCUT2D eigenvalue weighted by atomic mass is 10.3. The van der Waals surface area contributed by atoms with Gasteiger partial charge in [-0.25, -0.2) is 0 Å². The minimum absolute atomic E-state index is 0.0898. The molecule has 0 fully saturated rings. The molecule has 0 amide bonds. The quantitative estimate of drug-likeness (QED) is 0.385. The highest BCUT2D eigenvalue weighted by Gasteiger charge is 2.00. The van der Waals surface area contributed by atoms with Crippen LogP contribution in [0, 0.1) is 0 Å². The van der Waals surface area contributed by atoms with Gasteiger partial charge in [0.05, 0.1) is 12.4 Å². The molecule has 0 aromatic carbocycles. The molecule has 0 heterocycles. The van der Waals surface area contributed by atoms with Crippen LogP contribution in [0.15, 0.2) is 0 Å². The summed E-state index contributed by atoms with van der Waals surface area (Å²) in [5, 5.41) is 1.08. The predicted molar refractivity (Wildman–Crippen MR) is 61.6 cm³/mol. The van der Waals surface area contributed by atoms with E-state index in [-0.39, 0.29) is 5.97 Å². The molecule has 0 aromatic heterocycles. The summed E-state index contributed by atoms with van der Waals surface area (Å²) in [6.45, 7) is 2.32. The van der Waals surface area contributed by atoms with Crippen molar-refractivity contribution < 1.29 is 9.53 Å². The number of carbonyl (C=O) groups is 1. The fourth-order valence-electron chi connectivity index (χ4n) is 0.834. The fourth-order valence-corrected chi connectivity index (χ4v) is 2.03. The van der Waals surface area contributed by atoms with Crippen LogP contribution in [0.4, 0.5) is 0 Å². The zero-order chi connectivity index (χ0) is 9.94. The summed E-state index contributed by atoms with van der Waals surface area (Å²) in [5.41, 5.74) is 0. The lowest BCUT2D eigenvalue weighted by Gasteiger charge is -2.01. The average molecular weight is 269 g/mol. The van der Waals surface area contributed by atoms with E-state index < -0.39 is 0 Å². The average Bonchev–Trinajstić information content (AvgIpc) is 2.11. The Hall–Kier alpha value is 0.300. The molecular weight excluding hydrogens is 252 g/mol. The van der Waals surface area contributed by atoms with E-state index >= 15 is 0 Å². The first-order valence-corrected chi connectivity index (χ1v) is 6.88. The van der Waals surface area contributed by atoms with Crippen molar-refractivity contribution in [3.8, 4) is 0 Å². The minimum Gasteiger partial charge on any atom is -0.465 e. The molecule has 0 aliphatic rings. The van der Waals surface area contributed by atoms with Crippen LogP contribution in [0.5, 0.6) is 0 Å². The van der Waals surface area contributed by atoms with Crippen LogP contribution in [0.1, 0.15) is 26.2 Å². The molecule has 0 rings (SSSR count). The molecule has 0 aromatic rings.